The number of esters is 1. The monoisotopic (exact) mass is 631 g/mol. The van der Waals surface area contributed by atoms with E-state index in [0.29, 0.717) is 47.2 Å². The molecule has 5 saturated carbocycles. The number of carbonyl (C=O) groups is 1. The molecule has 2 spiro atoms. The van der Waals surface area contributed by atoms with Crippen molar-refractivity contribution in [1.82, 2.24) is 4.90 Å². The molecule has 8 nitrogen and oxygen atoms in total. The fourth-order valence-electron chi connectivity index (χ4n) is 13.0. The minimum atomic E-state index is -1.14. The normalized spacial score (nSPS) is 48.1. The Labute approximate surface area is 271 Å². The van der Waals surface area contributed by atoms with Crippen LogP contribution in [0.1, 0.15) is 112 Å². The van der Waals surface area contributed by atoms with Crippen LogP contribution >= 0.6 is 0 Å². The first kappa shape index (κ1) is 32.8. The maximum atomic E-state index is 11.9. The summed E-state index contributed by atoms with van der Waals surface area (Å²) >= 11 is 0. The van der Waals surface area contributed by atoms with Crippen molar-refractivity contribution in [2.75, 3.05) is 32.8 Å². The third-order valence-electron chi connectivity index (χ3n) is 15.0. The van der Waals surface area contributed by atoms with Gasteiger partial charge in [-0.3, -0.25) is 9.69 Å². The number of fused-ring (bicyclic) bond motifs is 4. The molecule has 5 aliphatic carbocycles. The molecule has 7 fully saturated rings. The van der Waals surface area contributed by atoms with E-state index in [-0.39, 0.29) is 42.6 Å². The Balaban J connectivity index is 1.04. The largest absolute Gasteiger partial charge is 0.457 e. The number of β-amino-alcohol motifs (C(OH)–C–C–N with tert-alkyl or cyclic N) is 1. The molecule has 0 aromatic carbocycles. The van der Waals surface area contributed by atoms with Crippen molar-refractivity contribution in [3.8, 4) is 0 Å². The van der Waals surface area contributed by atoms with Crippen LogP contribution in [-0.4, -0.2) is 90.2 Å². The number of hydrogen-bond donors (Lipinski definition) is 2. The zero-order valence-corrected chi connectivity index (χ0v) is 28.9. The van der Waals surface area contributed by atoms with E-state index in [2.05, 4.69) is 25.7 Å². The average Bonchev–Trinajstić information content (AvgIpc) is 3.61. The van der Waals surface area contributed by atoms with Crippen LogP contribution in [0.2, 0.25) is 0 Å². The van der Waals surface area contributed by atoms with Gasteiger partial charge in [-0.05, 0) is 123 Å². The Hall–Kier alpha value is -0.770. The Morgan fingerprint density at radius 3 is 2.49 bits per heavy atom. The van der Waals surface area contributed by atoms with Gasteiger partial charge in [-0.15, -0.1) is 0 Å². The van der Waals surface area contributed by atoms with E-state index in [1.807, 2.05) is 0 Å². The number of aliphatic hydroxyl groups is 2. The molecule has 256 valence electrons. The second-order valence-corrected chi connectivity index (χ2v) is 17.8. The Morgan fingerprint density at radius 2 is 1.76 bits per heavy atom. The summed E-state index contributed by atoms with van der Waals surface area (Å²) in [5, 5.41) is 20.3. The SMILES string of the molecule is CC(=O)OC(C1CCC2C(CC3C4CCC5C(C)(C)C(OC6CCN(CCO)CCO6)CCC56CC46CCC23C)O1)C(C)(C)O. The van der Waals surface area contributed by atoms with Gasteiger partial charge in [0.15, 0.2) is 12.4 Å². The van der Waals surface area contributed by atoms with E-state index in [0.717, 1.165) is 51.1 Å². The lowest BCUT2D eigenvalue weighted by molar-refractivity contribution is -0.225. The van der Waals surface area contributed by atoms with Gasteiger partial charge in [-0.2, -0.15) is 0 Å². The van der Waals surface area contributed by atoms with Gasteiger partial charge in [0.2, 0.25) is 0 Å². The van der Waals surface area contributed by atoms with Gasteiger partial charge in [0.25, 0.3) is 0 Å². The van der Waals surface area contributed by atoms with Crippen molar-refractivity contribution >= 4 is 5.97 Å². The highest BCUT2D eigenvalue weighted by Crippen LogP contribution is 2.87. The first-order chi connectivity index (χ1) is 21.2. The highest BCUT2D eigenvalue weighted by Gasteiger charge is 2.80. The van der Waals surface area contributed by atoms with E-state index in [4.69, 9.17) is 18.9 Å². The Bertz CT molecular complexity index is 1120. The summed E-state index contributed by atoms with van der Waals surface area (Å²) in [6, 6.07) is 0. The van der Waals surface area contributed by atoms with E-state index < -0.39 is 11.7 Å². The van der Waals surface area contributed by atoms with Crippen LogP contribution in [-0.2, 0) is 23.7 Å². The molecule has 12 unspecified atom stereocenters. The summed E-state index contributed by atoms with van der Waals surface area (Å²) in [4.78, 5) is 14.2. The van der Waals surface area contributed by atoms with Gasteiger partial charge in [0.05, 0.1) is 37.1 Å². The lowest BCUT2D eigenvalue weighted by Gasteiger charge is -2.59. The van der Waals surface area contributed by atoms with E-state index in [1.165, 1.54) is 45.4 Å². The molecule has 8 heteroatoms. The summed E-state index contributed by atoms with van der Waals surface area (Å²) in [5.74, 6) is 2.35. The highest BCUT2D eigenvalue weighted by atomic mass is 16.7. The summed E-state index contributed by atoms with van der Waals surface area (Å²) in [6.07, 6.45) is 12.4. The number of rotatable bonds is 7. The fraction of sp³-hybridized carbons (Fsp3) is 0.973. The van der Waals surface area contributed by atoms with Gasteiger partial charge < -0.3 is 29.2 Å². The molecule has 0 bridgehead atoms. The van der Waals surface area contributed by atoms with Crippen molar-refractivity contribution in [2.24, 2.45) is 45.3 Å². The first-order valence-electron chi connectivity index (χ1n) is 18.4. The second kappa shape index (κ2) is 11.4. The van der Waals surface area contributed by atoms with Crippen LogP contribution in [0.4, 0.5) is 0 Å². The topological polar surface area (TPSA) is 97.7 Å². The molecule has 0 radical (unpaired) electrons. The number of aliphatic hydroxyl groups excluding tert-OH is 1. The third-order valence-corrected chi connectivity index (χ3v) is 15.0. The molecular formula is C37H61NO7. The Kier molecular flexibility index (Phi) is 8.30. The summed E-state index contributed by atoms with van der Waals surface area (Å²) in [5.41, 5.74) is 0.230. The van der Waals surface area contributed by atoms with E-state index in [9.17, 15) is 15.0 Å². The molecule has 2 N–H and O–H groups in total. The zero-order valence-electron chi connectivity index (χ0n) is 28.9. The predicted molar refractivity (Wildman–Crippen MR) is 170 cm³/mol. The lowest BCUT2D eigenvalue weighted by atomic mass is 9.46. The van der Waals surface area contributed by atoms with Crippen molar-refractivity contribution in [3.05, 3.63) is 0 Å². The van der Waals surface area contributed by atoms with E-state index in [1.54, 1.807) is 13.8 Å². The molecule has 7 rings (SSSR count). The van der Waals surface area contributed by atoms with Crippen molar-refractivity contribution in [2.45, 2.75) is 148 Å². The first-order valence-corrected chi connectivity index (χ1v) is 18.4. The smallest absolute Gasteiger partial charge is 0.303 e. The van der Waals surface area contributed by atoms with E-state index >= 15 is 0 Å². The maximum absolute atomic E-state index is 11.9. The molecule has 0 amide bonds. The van der Waals surface area contributed by atoms with Gasteiger partial charge >= 0.3 is 5.97 Å². The molecule has 2 heterocycles. The standard InChI is InChI=1S/C37H61NO7/c1-23(40)43-32(34(4,5)41)27-9-7-25-28(44-27)21-26-24-8-10-29-33(2,3)30(45-31-12-16-38(17-19-39)18-20-42-31)11-13-37(29)22-36(24,37)15-14-35(25,26)6/h24-32,39,41H,7-22H2,1-6H3. The van der Waals surface area contributed by atoms with Crippen LogP contribution in [0.5, 0.6) is 0 Å². The van der Waals surface area contributed by atoms with Gasteiger partial charge in [0, 0.05) is 33.0 Å². The quantitative estimate of drug-likeness (QED) is 0.365. The van der Waals surface area contributed by atoms with Crippen LogP contribution < -0.4 is 0 Å². The number of carbonyl (C=O) groups excluding carboxylic acids is 1. The Morgan fingerprint density at radius 1 is 0.978 bits per heavy atom. The maximum Gasteiger partial charge on any atom is 0.303 e. The number of ether oxygens (including phenoxy) is 4. The average molecular weight is 632 g/mol. The zero-order chi connectivity index (χ0) is 32.0. The van der Waals surface area contributed by atoms with Gasteiger partial charge in [0.1, 0.15) is 0 Å². The summed E-state index contributed by atoms with van der Waals surface area (Å²) in [7, 11) is 0. The van der Waals surface area contributed by atoms with Crippen LogP contribution in [0.15, 0.2) is 0 Å². The molecule has 45 heavy (non-hydrogen) atoms. The third kappa shape index (κ3) is 5.17. The van der Waals surface area contributed by atoms with Crippen molar-refractivity contribution in [3.63, 3.8) is 0 Å². The van der Waals surface area contributed by atoms with Gasteiger partial charge in [-0.1, -0.05) is 20.8 Å². The lowest BCUT2D eigenvalue weighted by Crippen LogP contribution is -2.55. The summed E-state index contributed by atoms with van der Waals surface area (Å²) in [6.45, 7) is 15.8. The molecule has 0 aromatic rings. The minimum absolute atomic E-state index is 0.122. The minimum Gasteiger partial charge on any atom is -0.457 e. The van der Waals surface area contributed by atoms with Crippen molar-refractivity contribution in [1.29, 1.82) is 0 Å². The summed E-state index contributed by atoms with van der Waals surface area (Å²) < 4.78 is 25.6. The van der Waals surface area contributed by atoms with Crippen LogP contribution in [0, 0.1) is 45.3 Å². The number of nitrogens with zero attached hydrogens (tertiary/aromatic N) is 1. The predicted octanol–water partition coefficient (Wildman–Crippen LogP) is 5.32. The molecule has 7 aliphatic rings. The van der Waals surface area contributed by atoms with Gasteiger partial charge in [-0.25, -0.2) is 0 Å². The van der Waals surface area contributed by atoms with Crippen LogP contribution in [0.3, 0.4) is 0 Å². The van der Waals surface area contributed by atoms with Crippen LogP contribution in [0.25, 0.3) is 0 Å². The second-order valence-electron chi connectivity index (χ2n) is 17.8. The number of hydrogen-bond acceptors (Lipinski definition) is 8. The van der Waals surface area contributed by atoms with Crippen molar-refractivity contribution < 1.29 is 34.0 Å². The molecule has 12 atom stereocenters. The fourth-order valence-corrected chi connectivity index (χ4v) is 13.0. The molecule has 2 aliphatic heterocycles. The molecule has 2 saturated heterocycles. The molecular weight excluding hydrogens is 570 g/mol. The molecule has 0 aromatic heterocycles. The highest BCUT2D eigenvalue weighted by molar-refractivity contribution is 5.66.